The van der Waals surface area contributed by atoms with E-state index < -0.39 is 0 Å². The van der Waals surface area contributed by atoms with E-state index in [0.717, 1.165) is 19.5 Å². The van der Waals surface area contributed by atoms with Crippen LogP contribution in [0.3, 0.4) is 0 Å². The molecule has 3 heteroatoms. The Morgan fingerprint density at radius 1 is 1.29 bits per heavy atom. The smallest absolute Gasteiger partial charge is 0.0292 e. The summed E-state index contributed by atoms with van der Waals surface area (Å²) in [6, 6.07) is 6.70. The number of hydrogen-bond acceptors (Lipinski definition) is 3. The van der Waals surface area contributed by atoms with E-state index >= 15 is 0 Å². The number of rotatable bonds is 6. The van der Waals surface area contributed by atoms with Crippen molar-refractivity contribution in [3.05, 3.63) is 34.9 Å². The van der Waals surface area contributed by atoms with Crippen LogP contribution in [0.4, 0.5) is 0 Å². The number of hydrogen-bond donors (Lipinski definition) is 2. The summed E-state index contributed by atoms with van der Waals surface area (Å²) in [6.45, 7) is 6.74. The Morgan fingerprint density at radius 3 is 2.65 bits per heavy atom. The Kier molecular flexibility index (Phi) is 5.62. The fraction of sp³-hybridized carbons (Fsp3) is 0.571. The van der Waals surface area contributed by atoms with E-state index in [0.29, 0.717) is 6.54 Å². The fourth-order valence-electron chi connectivity index (χ4n) is 1.95. The first kappa shape index (κ1) is 14.2. The van der Waals surface area contributed by atoms with Gasteiger partial charge >= 0.3 is 0 Å². The highest BCUT2D eigenvalue weighted by Gasteiger charge is 2.06. The van der Waals surface area contributed by atoms with Crippen LogP contribution in [-0.2, 0) is 6.42 Å². The summed E-state index contributed by atoms with van der Waals surface area (Å²) in [5.41, 5.74) is 15.5. The molecule has 0 aliphatic rings. The van der Waals surface area contributed by atoms with Crippen molar-refractivity contribution in [3.63, 3.8) is 0 Å². The van der Waals surface area contributed by atoms with E-state index in [1.807, 2.05) is 0 Å². The normalized spacial score (nSPS) is 13.1. The van der Waals surface area contributed by atoms with Crippen LogP contribution in [0.15, 0.2) is 18.2 Å². The summed E-state index contributed by atoms with van der Waals surface area (Å²) < 4.78 is 0. The second-order valence-electron chi connectivity index (χ2n) is 4.94. The predicted molar refractivity (Wildman–Crippen MR) is 74.1 cm³/mol. The molecule has 0 aromatic heterocycles. The maximum Gasteiger partial charge on any atom is 0.0292 e. The molecular formula is C14H25N3. The highest BCUT2D eigenvalue weighted by atomic mass is 15.1. The number of benzene rings is 1. The molecule has 0 bridgehead atoms. The van der Waals surface area contributed by atoms with Gasteiger partial charge in [0, 0.05) is 25.7 Å². The van der Waals surface area contributed by atoms with E-state index in [4.69, 9.17) is 11.5 Å². The number of nitrogens with zero attached hydrogens (tertiary/aromatic N) is 1. The van der Waals surface area contributed by atoms with Crippen LogP contribution in [0.2, 0.25) is 0 Å². The van der Waals surface area contributed by atoms with Crippen LogP contribution in [0, 0.1) is 13.8 Å². The van der Waals surface area contributed by atoms with E-state index in [9.17, 15) is 0 Å². The van der Waals surface area contributed by atoms with Gasteiger partial charge in [-0.2, -0.15) is 0 Å². The van der Waals surface area contributed by atoms with Gasteiger partial charge in [-0.3, -0.25) is 0 Å². The van der Waals surface area contributed by atoms with E-state index in [2.05, 4.69) is 44.0 Å². The van der Waals surface area contributed by atoms with Crippen LogP contribution in [0.1, 0.15) is 16.7 Å². The van der Waals surface area contributed by atoms with Crippen molar-refractivity contribution in [2.45, 2.75) is 26.3 Å². The molecular weight excluding hydrogens is 210 g/mol. The van der Waals surface area contributed by atoms with Crippen molar-refractivity contribution in [2.75, 3.05) is 26.7 Å². The average molecular weight is 235 g/mol. The van der Waals surface area contributed by atoms with Gasteiger partial charge in [0.1, 0.15) is 0 Å². The first-order valence-corrected chi connectivity index (χ1v) is 6.23. The van der Waals surface area contributed by atoms with Gasteiger partial charge in [-0.25, -0.2) is 0 Å². The summed E-state index contributed by atoms with van der Waals surface area (Å²) in [7, 11) is 2.10. The predicted octanol–water partition coefficient (Wildman–Crippen LogP) is 1.06. The molecule has 96 valence electrons. The topological polar surface area (TPSA) is 55.3 Å². The molecule has 1 aromatic carbocycles. The SMILES string of the molecule is Cc1ccc(C)c(CCN(C)CC(N)CN)c1. The highest BCUT2D eigenvalue weighted by molar-refractivity contribution is 5.30. The third-order valence-corrected chi connectivity index (χ3v) is 3.12. The summed E-state index contributed by atoms with van der Waals surface area (Å²) in [6.07, 6.45) is 1.07. The lowest BCUT2D eigenvalue weighted by atomic mass is 10.0. The van der Waals surface area contributed by atoms with Gasteiger partial charge in [0.2, 0.25) is 0 Å². The molecule has 3 nitrogen and oxygen atoms in total. The monoisotopic (exact) mass is 235 g/mol. The van der Waals surface area contributed by atoms with Gasteiger partial charge in [-0.15, -0.1) is 0 Å². The Morgan fingerprint density at radius 2 is 2.00 bits per heavy atom. The van der Waals surface area contributed by atoms with Crippen molar-refractivity contribution < 1.29 is 0 Å². The van der Waals surface area contributed by atoms with Crippen LogP contribution < -0.4 is 11.5 Å². The number of nitrogens with two attached hydrogens (primary N) is 2. The van der Waals surface area contributed by atoms with Crippen LogP contribution in [-0.4, -0.2) is 37.6 Å². The third-order valence-electron chi connectivity index (χ3n) is 3.12. The van der Waals surface area contributed by atoms with Gasteiger partial charge in [0.25, 0.3) is 0 Å². The Hall–Kier alpha value is -0.900. The van der Waals surface area contributed by atoms with Gasteiger partial charge in [0.15, 0.2) is 0 Å². The molecule has 1 atom stereocenters. The standard InChI is InChI=1S/C14H25N3/c1-11-4-5-12(2)13(8-11)6-7-17(3)10-14(16)9-15/h4-5,8,14H,6-7,9-10,15-16H2,1-3H3. The fourth-order valence-corrected chi connectivity index (χ4v) is 1.95. The first-order valence-electron chi connectivity index (χ1n) is 6.23. The molecule has 1 aromatic rings. The maximum atomic E-state index is 5.83. The van der Waals surface area contributed by atoms with Crippen LogP contribution >= 0.6 is 0 Å². The van der Waals surface area contributed by atoms with Gasteiger partial charge in [0.05, 0.1) is 0 Å². The van der Waals surface area contributed by atoms with Crippen LogP contribution in [0.25, 0.3) is 0 Å². The molecule has 0 saturated carbocycles. The van der Waals surface area contributed by atoms with Crippen molar-refractivity contribution in [3.8, 4) is 0 Å². The molecule has 1 unspecified atom stereocenters. The molecule has 4 N–H and O–H groups in total. The van der Waals surface area contributed by atoms with Crippen molar-refractivity contribution >= 4 is 0 Å². The summed E-state index contributed by atoms with van der Waals surface area (Å²) in [4.78, 5) is 2.25. The van der Waals surface area contributed by atoms with Crippen molar-refractivity contribution in [2.24, 2.45) is 11.5 Å². The maximum absolute atomic E-state index is 5.83. The summed E-state index contributed by atoms with van der Waals surface area (Å²) >= 11 is 0. The summed E-state index contributed by atoms with van der Waals surface area (Å²) in [5.74, 6) is 0. The zero-order valence-corrected chi connectivity index (χ0v) is 11.2. The third kappa shape index (κ3) is 4.86. The quantitative estimate of drug-likeness (QED) is 0.775. The Bertz CT molecular complexity index is 349. The van der Waals surface area contributed by atoms with Gasteiger partial charge in [-0.05, 0) is 38.4 Å². The molecule has 0 aliphatic carbocycles. The van der Waals surface area contributed by atoms with Crippen LogP contribution in [0.5, 0.6) is 0 Å². The first-order chi connectivity index (χ1) is 8.02. The lowest BCUT2D eigenvalue weighted by Crippen LogP contribution is -2.41. The molecule has 0 spiro atoms. The minimum atomic E-state index is 0.0820. The zero-order valence-electron chi connectivity index (χ0n) is 11.2. The summed E-state index contributed by atoms with van der Waals surface area (Å²) in [5, 5.41) is 0. The molecule has 0 radical (unpaired) electrons. The molecule has 0 saturated heterocycles. The van der Waals surface area contributed by atoms with E-state index in [-0.39, 0.29) is 6.04 Å². The highest BCUT2D eigenvalue weighted by Crippen LogP contribution is 2.11. The van der Waals surface area contributed by atoms with Gasteiger partial charge in [-0.1, -0.05) is 23.8 Å². The second-order valence-corrected chi connectivity index (χ2v) is 4.94. The minimum absolute atomic E-state index is 0.0820. The molecule has 1 rings (SSSR count). The number of likely N-dealkylation sites (N-methyl/N-ethyl adjacent to an activating group) is 1. The Labute approximate surface area is 105 Å². The largest absolute Gasteiger partial charge is 0.329 e. The zero-order chi connectivity index (χ0) is 12.8. The average Bonchev–Trinajstić information content (AvgIpc) is 2.30. The minimum Gasteiger partial charge on any atom is -0.329 e. The lowest BCUT2D eigenvalue weighted by molar-refractivity contribution is 0.316. The molecule has 17 heavy (non-hydrogen) atoms. The number of aryl methyl sites for hydroxylation is 2. The Balaban J connectivity index is 2.47. The van der Waals surface area contributed by atoms with Crippen molar-refractivity contribution in [1.82, 2.24) is 4.90 Å². The molecule has 0 heterocycles. The molecule has 0 fully saturated rings. The molecule has 0 amide bonds. The molecule has 0 aliphatic heterocycles. The van der Waals surface area contributed by atoms with Gasteiger partial charge < -0.3 is 16.4 Å². The lowest BCUT2D eigenvalue weighted by Gasteiger charge is -2.20. The van der Waals surface area contributed by atoms with E-state index in [1.54, 1.807) is 0 Å². The van der Waals surface area contributed by atoms with E-state index in [1.165, 1.54) is 16.7 Å². The second kappa shape index (κ2) is 6.74. The van der Waals surface area contributed by atoms with Crippen molar-refractivity contribution in [1.29, 1.82) is 0 Å².